The van der Waals surface area contributed by atoms with Gasteiger partial charge in [-0.15, -0.1) is 0 Å². The second-order valence-corrected chi connectivity index (χ2v) is 24.5. The van der Waals surface area contributed by atoms with Gasteiger partial charge in [0.05, 0.1) is 11.2 Å². The van der Waals surface area contributed by atoms with Crippen molar-refractivity contribution >= 4 is 68.6 Å². The molecule has 9 aromatic rings. The lowest BCUT2D eigenvalue weighted by atomic mass is 9.33. The molecule has 2 atom stereocenters. The third-order valence-electron chi connectivity index (χ3n) is 17.9. The minimum absolute atomic E-state index is 0.0173. The van der Waals surface area contributed by atoms with Gasteiger partial charge in [-0.1, -0.05) is 164 Å². The fourth-order valence-electron chi connectivity index (χ4n) is 13.6. The van der Waals surface area contributed by atoms with E-state index in [2.05, 4.69) is 264 Å². The van der Waals surface area contributed by atoms with Crippen molar-refractivity contribution in [3.8, 4) is 33.4 Å². The Hall–Kier alpha value is -7.63. The van der Waals surface area contributed by atoms with E-state index in [-0.39, 0.29) is 28.5 Å². The van der Waals surface area contributed by atoms with Crippen LogP contribution in [-0.2, 0) is 16.2 Å². The maximum atomic E-state index is 4.36. The van der Waals surface area contributed by atoms with Gasteiger partial charge in [-0.3, -0.25) is 4.98 Å². The molecule has 3 aliphatic heterocycles. The summed E-state index contributed by atoms with van der Waals surface area (Å²) in [5.74, 6) is 0. The van der Waals surface area contributed by atoms with Crippen molar-refractivity contribution in [3.63, 3.8) is 0 Å². The summed E-state index contributed by atoms with van der Waals surface area (Å²) in [6, 6.07) is 69.9. The molecule has 5 heteroatoms. The second kappa shape index (κ2) is 17.2. The van der Waals surface area contributed by atoms with Crippen molar-refractivity contribution in [3.05, 3.63) is 217 Å². The molecule has 1 aromatic heterocycles. The van der Waals surface area contributed by atoms with Crippen LogP contribution in [-0.4, -0.2) is 17.2 Å². The molecule has 370 valence electrons. The molecule has 75 heavy (non-hydrogen) atoms. The van der Waals surface area contributed by atoms with Crippen molar-refractivity contribution in [1.82, 2.24) is 4.98 Å². The van der Waals surface area contributed by atoms with Gasteiger partial charge in [0, 0.05) is 63.2 Å². The molecule has 1 saturated carbocycles. The van der Waals surface area contributed by atoms with Gasteiger partial charge in [0.15, 0.2) is 0 Å². The first-order chi connectivity index (χ1) is 36.1. The molecule has 0 bridgehead atoms. The average molecular weight is 975 g/mol. The minimum atomic E-state index is -0.126. The van der Waals surface area contributed by atoms with E-state index in [9.17, 15) is 0 Å². The Balaban J connectivity index is 1.08. The first-order valence-corrected chi connectivity index (χ1v) is 27.3. The molecule has 0 radical (unpaired) electrons. The highest BCUT2D eigenvalue weighted by atomic mass is 15.3. The van der Waals surface area contributed by atoms with Gasteiger partial charge in [0.2, 0.25) is 0 Å². The Bertz CT molecular complexity index is 3690. The quantitative estimate of drug-likeness (QED) is 0.155. The lowest BCUT2D eigenvalue weighted by Crippen LogP contribution is -2.61. The zero-order chi connectivity index (χ0) is 51.6. The molecule has 0 amide bonds. The predicted octanol–water partition coefficient (Wildman–Crippen LogP) is 16.8. The van der Waals surface area contributed by atoms with E-state index in [4.69, 9.17) is 0 Å². The number of rotatable bonds is 6. The smallest absolute Gasteiger partial charge is 0.252 e. The fraction of sp³-hybridized carbons (Fsp3) is 0.243. The second-order valence-electron chi connectivity index (χ2n) is 24.5. The first kappa shape index (κ1) is 47.1. The third kappa shape index (κ3) is 7.43. The average Bonchev–Trinajstić information content (AvgIpc) is 3.69. The van der Waals surface area contributed by atoms with Gasteiger partial charge in [0.1, 0.15) is 0 Å². The molecular formula is C70H67BN4. The summed E-state index contributed by atoms with van der Waals surface area (Å²) in [6.07, 6.45) is 8.56. The summed E-state index contributed by atoms with van der Waals surface area (Å²) in [5.41, 5.74) is 26.3. The predicted molar refractivity (Wildman–Crippen MR) is 320 cm³/mol. The van der Waals surface area contributed by atoms with Crippen LogP contribution >= 0.6 is 0 Å². The number of pyridine rings is 1. The topological polar surface area (TPSA) is 22.6 Å². The van der Waals surface area contributed by atoms with Crippen molar-refractivity contribution < 1.29 is 0 Å². The zero-order valence-corrected chi connectivity index (χ0v) is 45.2. The van der Waals surface area contributed by atoms with E-state index >= 15 is 0 Å². The van der Waals surface area contributed by atoms with Crippen LogP contribution in [0.15, 0.2) is 194 Å². The highest BCUT2D eigenvalue weighted by Gasteiger charge is 2.58. The van der Waals surface area contributed by atoms with E-state index in [1.54, 1.807) is 0 Å². The van der Waals surface area contributed by atoms with E-state index in [1.165, 1.54) is 130 Å². The monoisotopic (exact) mass is 975 g/mol. The van der Waals surface area contributed by atoms with Crippen molar-refractivity contribution in [2.45, 2.75) is 110 Å². The highest BCUT2D eigenvalue weighted by Crippen LogP contribution is 2.62. The molecule has 13 rings (SSSR count). The van der Waals surface area contributed by atoms with Crippen LogP contribution in [0.5, 0.6) is 0 Å². The molecule has 4 aliphatic rings. The number of aromatic nitrogens is 1. The van der Waals surface area contributed by atoms with Gasteiger partial charge >= 0.3 is 0 Å². The molecular weight excluding hydrogens is 908 g/mol. The maximum absolute atomic E-state index is 4.36. The lowest BCUT2D eigenvalue weighted by Gasteiger charge is -2.50. The Morgan fingerprint density at radius 2 is 1.01 bits per heavy atom. The van der Waals surface area contributed by atoms with Crippen LogP contribution in [0.4, 0.5) is 45.5 Å². The maximum Gasteiger partial charge on any atom is 0.252 e. The van der Waals surface area contributed by atoms with Gasteiger partial charge in [0.25, 0.3) is 6.71 Å². The summed E-state index contributed by atoms with van der Waals surface area (Å²) < 4.78 is 0. The normalized spacial score (nSPS) is 18.5. The number of aryl methyl sites for hydroxylation is 1. The summed E-state index contributed by atoms with van der Waals surface area (Å²) in [4.78, 5) is 12.3. The molecule has 0 N–H and O–H groups in total. The van der Waals surface area contributed by atoms with Gasteiger partial charge in [-0.05, 0) is 183 Å². The fourth-order valence-corrected chi connectivity index (χ4v) is 13.6. The van der Waals surface area contributed by atoms with E-state index < -0.39 is 0 Å². The number of hydrogen-bond donors (Lipinski definition) is 0. The van der Waals surface area contributed by atoms with Crippen LogP contribution in [0.25, 0.3) is 33.4 Å². The van der Waals surface area contributed by atoms with Crippen molar-refractivity contribution in [2.75, 3.05) is 14.7 Å². The Kier molecular flexibility index (Phi) is 10.8. The highest BCUT2D eigenvalue weighted by molar-refractivity contribution is 7.00. The van der Waals surface area contributed by atoms with Crippen LogP contribution in [0.3, 0.4) is 0 Å². The number of nitrogens with zero attached hydrogens (tertiary/aromatic N) is 4. The molecule has 1 fully saturated rings. The summed E-state index contributed by atoms with van der Waals surface area (Å²) in [7, 11) is 0. The minimum Gasteiger partial charge on any atom is -0.334 e. The molecule has 2 unspecified atom stereocenters. The zero-order valence-electron chi connectivity index (χ0n) is 45.2. The molecule has 4 nitrogen and oxygen atoms in total. The van der Waals surface area contributed by atoms with Crippen LogP contribution < -0.4 is 31.1 Å². The third-order valence-corrected chi connectivity index (χ3v) is 17.9. The van der Waals surface area contributed by atoms with Crippen LogP contribution in [0, 0.1) is 6.92 Å². The van der Waals surface area contributed by atoms with Crippen molar-refractivity contribution in [1.29, 1.82) is 0 Å². The lowest BCUT2D eigenvalue weighted by molar-refractivity contribution is 0.195. The van der Waals surface area contributed by atoms with Gasteiger partial charge in [-0.25, -0.2) is 0 Å². The standard InChI is InChI=1S/C70H67BN4/c1-46-40-64-66-65(41-46)74(60-33-26-53(68(5,6)7)44-56(60)49-20-14-11-15-21-49)62-43-51(47-18-12-10-13-19-47)22-30-58(62)71(66)59-31-29-55(45-63(59)73(64)54-27-24-52(25-28-54)67(2,3)4)75-61-32-23-50(48-34-38-72-39-35-48)42-57(61)69(8)36-16-17-37-70(69,75)9/h10-15,18-35,38-45H,16-17,36-37H2,1-9H3. The van der Waals surface area contributed by atoms with E-state index in [0.717, 1.165) is 12.8 Å². The van der Waals surface area contributed by atoms with Gasteiger partial charge in [-0.2, -0.15) is 0 Å². The number of fused-ring (bicyclic) bond motifs is 7. The Labute approximate surface area is 445 Å². The molecule has 8 aromatic carbocycles. The largest absolute Gasteiger partial charge is 0.334 e. The first-order valence-electron chi connectivity index (χ1n) is 27.3. The van der Waals surface area contributed by atoms with E-state index in [1.807, 2.05) is 12.4 Å². The molecule has 1 aliphatic carbocycles. The Morgan fingerprint density at radius 1 is 0.453 bits per heavy atom. The molecule has 0 saturated heterocycles. The number of anilines is 8. The van der Waals surface area contributed by atoms with Crippen LogP contribution in [0.2, 0.25) is 0 Å². The summed E-state index contributed by atoms with van der Waals surface area (Å²) >= 11 is 0. The van der Waals surface area contributed by atoms with Crippen LogP contribution in [0.1, 0.15) is 103 Å². The summed E-state index contributed by atoms with van der Waals surface area (Å²) in [5, 5.41) is 0. The number of hydrogen-bond acceptors (Lipinski definition) is 4. The van der Waals surface area contributed by atoms with Crippen molar-refractivity contribution in [2.24, 2.45) is 0 Å². The number of benzene rings is 8. The van der Waals surface area contributed by atoms with E-state index in [0.29, 0.717) is 0 Å². The molecule has 0 spiro atoms. The molecule has 4 heterocycles. The SMILES string of the molecule is Cc1cc2c3c(c1)N(c1ccc(C(C)(C)C)cc1-c1ccccc1)c1cc(-c4ccccc4)ccc1B3c1ccc(N3c4ccc(-c5ccncc5)cc4C4(C)CCCCC34C)cc1N2c1ccc(C(C)(C)C)cc1. The van der Waals surface area contributed by atoms with Gasteiger partial charge < -0.3 is 14.7 Å². The summed E-state index contributed by atoms with van der Waals surface area (Å²) in [6.45, 7) is 21.3. The Morgan fingerprint density at radius 3 is 1.71 bits per heavy atom.